The third-order valence-corrected chi connectivity index (χ3v) is 4.00. The molecule has 0 saturated heterocycles. The molecule has 0 spiro atoms. The number of carbonyl (C=O) groups excluding carboxylic acids is 1. The molecule has 0 bridgehead atoms. The SMILES string of the molecule is COc1ccccc1-c1cnc(CNc2ccc(NC(C)=O)cc2C(F)(F)F)o1. The average molecular weight is 405 g/mol. The van der Waals surface area contributed by atoms with Gasteiger partial charge in [0.15, 0.2) is 5.76 Å². The first-order chi connectivity index (χ1) is 13.8. The number of anilines is 2. The molecule has 0 radical (unpaired) electrons. The molecule has 1 amide bonds. The van der Waals surface area contributed by atoms with Crippen LogP contribution in [0.1, 0.15) is 18.4 Å². The molecule has 0 atom stereocenters. The number of para-hydroxylation sites is 1. The van der Waals surface area contributed by atoms with Crippen molar-refractivity contribution in [1.29, 1.82) is 0 Å². The fraction of sp³-hybridized carbons (Fsp3) is 0.200. The summed E-state index contributed by atoms with van der Waals surface area (Å²) < 4.78 is 51.1. The molecule has 1 aromatic heterocycles. The van der Waals surface area contributed by atoms with Gasteiger partial charge in [-0.15, -0.1) is 0 Å². The van der Waals surface area contributed by atoms with Crippen molar-refractivity contribution in [1.82, 2.24) is 4.98 Å². The molecule has 152 valence electrons. The Morgan fingerprint density at radius 2 is 1.97 bits per heavy atom. The zero-order valence-electron chi connectivity index (χ0n) is 15.6. The molecule has 3 rings (SSSR count). The van der Waals surface area contributed by atoms with Crippen LogP contribution >= 0.6 is 0 Å². The van der Waals surface area contributed by atoms with Gasteiger partial charge in [0.1, 0.15) is 5.75 Å². The van der Waals surface area contributed by atoms with E-state index in [1.165, 1.54) is 32.4 Å². The van der Waals surface area contributed by atoms with Crippen LogP contribution in [0.4, 0.5) is 24.5 Å². The minimum atomic E-state index is -4.60. The van der Waals surface area contributed by atoms with Crippen molar-refractivity contribution in [3.8, 4) is 17.1 Å². The van der Waals surface area contributed by atoms with Crippen LogP contribution in [0.3, 0.4) is 0 Å². The number of hydrogen-bond acceptors (Lipinski definition) is 5. The first-order valence-corrected chi connectivity index (χ1v) is 8.58. The monoisotopic (exact) mass is 405 g/mol. The number of nitrogens with zero attached hydrogens (tertiary/aromatic N) is 1. The number of benzene rings is 2. The van der Waals surface area contributed by atoms with E-state index in [4.69, 9.17) is 9.15 Å². The number of methoxy groups -OCH3 is 1. The zero-order valence-corrected chi connectivity index (χ0v) is 15.6. The molecule has 2 aromatic carbocycles. The molecule has 0 aliphatic rings. The summed E-state index contributed by atoms with van der Waals surface area (Å²) in [6, 6.07) is 10.7. The van der Waals surface area contributed by atoms with E-state index in [-0.39, 0.29) is 23.8 Å². The van der Waals surface area contributed by atoms with E-state index >= 15 is 0 Å². The Balaban J connectivity index is 1.80. The van der Waals surface area contributed by atoms with Crippen molar-refractivity contribution >= 4 is 17.3 Å². The molecule has 0 aliphatic heterocycles. The van der Waals surface area contributed by atoms with Crippen molar-refractivity contribution in [2.45, 2.75) is 19.6 Å². The maximum absolute atomic E-state index is 13.4. The van der Waals surface area contributed by atoms with E-state index in [2.05, 4.69) is 15.6 Å². The maximum Gasteiger partial charge on any atom is 0.418 e. The largest absolute Gasteiger partial charge is 0.496 e. The van der Waals surface area contributed by atoms with Crippen LogP contribution in [0.25, 0.3) is 11.3 Å². The average Bonchev–Trinajstić information content (AvgIpc) is 3.14. The summed E-state index contributed by atoms with van der Waals surface area (Å²) in [5.74, 6) is 0.792. The molecule has 0 saturated carbocycles. The number of halogens is 3. The molecular weight excluding hydrogens is 387 g/mol. The Kier molecular flexibility index (Phi) is 5.76. The number of rotatable bonds is 6. The predicted octanol–water partition coefficient (Wildman–Crippen LogP) is 4.94. The smallest absolute Gasteiger partial charge is 0.418 e. The normalized spacial score (nSPS) is 11.2. The van der Waals surface area contributed by atoms with Crippen molar-refractivity contribution < 1.29 is 27.1 Å². The van der Waals surface area contributed by atoms with Gasteiger partial charge in [0.2, 0.25) is 11.8 Å². The first-order valence-electron chi connectivity index (χ1n) is 8.58. The van der Waals surface area contributed by atoms with Crippen LogP contribution < -0.4 is 15.4 Å². The summed E-state index contributed by atoms with van der Waals surface area (Å²) in [7, 11) is 1.53. The number of alkyl halides is 3. The van der Waals surface area contributed by atoms with Crippen molar-refractivity contribution in [2.75, 3.05) is 17.7 Å². The highest BCUT2D eigenvalue weighted by atomic mass is 19.4. The minimum absolute atomic E-state index is 0.0578. The molecular formula is C20H18F3N3O3. The fourth-order valence-corrected chi connectivity index (χ4v) is 2.75. The third kappa shape index (κ3) is 4.87. The molecule has 0 aliphatic carbocycles. The van der Waals surface area contributed by atoms with E-state index in [1.807, 2.05) is 12.1 Å². The second kappa shape index (κ2) is 8.26. The van der Waals surface area contributed by atoms with Gasteiger partial charge in [0.25, 0.3) is 0 Å². The summed E-state index contributed by atoms with van der Waals surface area (Å²) in [5, 5.41) is 5.03. The molecule has 9 heteroatoms. The molecule has 0 unspecified atom stereocenters. The van der Waals surface area contributed by atoms with Crippen LogP contribution in [0.15, 0.2) is 53.1 Å². The second-order valence-electron chi connectivity index (χ2n) is 6.11. The Morgan fingerprint density at radius 3 is 2.66 bits per heavy atom. The summed E-state index contributed by atoms with van der Waals surface area (Å²) in [6.45, 7) is 1.17. The molecule has 2 N–H and O–H groups in total. The maximum atomic E-state index is 13.4. The Hall–Kier alpha value is -3.49. The number of hydrogen-bond donors (Lipinski definition) is 2. The number of ether oxygens (including phenoxy) is 1. The predicted molar refractivity (Wildman–Crippen MR) is 102 cm³/mol. The van der Waals surface area contributed by atoms with Crippen LogP contribution in [-0.2, 0) is 17.5 Å². The van der Waals surface area contributed by atoms with Gasteiger partial charge < -0.3 is 19.8 Å². The van der Waals surface area contributed by atoms with Crippen molar-refractivity contribution in [2.24, 2.45) is 0 Å². The van der Waals surface area contributed by atoms with Gasteiger partial charge in [0.05, 0.1) is 31.0 Å². The van der Waals surface area contributed by atoms with Gasteiger partial charge in [-0.3, -0.25) is 4.79 Å². The number of oxazole rings is 1. The van der Waals surface area contributed by atoms with Gasteiger partial charge >= 0.3 is 6.18 Å². The number of amides is 1. The lowest BCUT2D eigenvalue weighted by Crippen LogP contribution is -2.13. The van der Waals surface area contributed by atoms with Gasteiger partial charge in [-0.1, -0.05) is 12.1 Å². The van der Waals surface area contributed by atoms with E-state index in [0.717, 1.165) is 6.07 Å². The summed E-state index contributed by atoms with van der Waals surface area (Å²) in [6.07, 6.45) is -3.12. The summed E-state index contributed by atoms with van der Waals surface area (Å²) in [5.41, 5.74) is -0.307. The van der Waals surface area contributed by atoms with E-state index in [9.17, 15) is 18.0 Å². The molecule has 6 nitrogen and oxygen atoms in total. The number of nitrogens with one attached hydrogen (secondary N) is 2. The van der Waals surface area contributed by atoms with Crippen LogP contribution in [0.5, 0.6) is 5.75 Å². The van der Waals surface area contributed by atoms with Gasteiger partial charge in [0, 0.05) is 18.3 Å². The Labute approximate surface area is 164 Å². The van der Waals surface area contributed by atoms with Crippen molar-refractivity contribution in [3.63, 3.8) is 0 Å². The molecule has 3 aromatic rings. The Morgan fingerprint density at radius 1 is 1.21 bits per heavy atom. The topological polar surface area (TPSA) is 76.4 Å². The van der Waals surface area contributed by atoms with Crippen molar-refractivity contribution in [3.05, 3.63) is 60.1 Å². The van der Waals surface area contributed by atoms with E-state index in [0.29, 0.717) is 17.1 Å². The summed E-state index contributed by atoms with van der Waals surface area (Å²) in [4.78, 5) is 15.2. The Bertz CT molecular complexity index is 1020. The standard InChI is InChI=1S/C20H18F3N3O3/c1-12(27)26-13-7-8-16(15(9-13)20(21,22)23)24-11-19-25-10-18(29-19)14-5-3-4-6-17(14)28-2/h3-10,24H,11H2,1-2H3,(H,26,27). The molecule has 1 heterocycles. The van der Waals surface area contributed by atoms with Crippen LogP contribution in [0.2, 0.25) is 0 Å². The lowest BCUT2D eigenvalue weighted by molar-refractivity contribution is -0.137. The highest BCUT2D eigenvalue weighted by Crippen LogP contribution is 2.37. The fourth-order valence-electron chi connectivity index (χ4n) is 2.75. The molecule has 0 fully saturated rings. The highest BCUT2D eigenvalue weighted by Gasteiger charge is 2.34. The number of carbonyl (C=O) groups is 1. The lowest BCUT2D eigenvalue weighted by Gasteiger charge is -2.15. The second-order valence-corrected chi connectivity index (χ2v) is 6.11. The number of aromatic nitrogens is 1. The van der Waals surface area contributed by atoms with Gasteiger partial charge in [-0.2, -0.15) is 13.2 Å². The van der Waals surface area contributed by atoms with Crippen LogP contribution in [-0.4, -0.2) is 18.0 Å². The summed E-state index contributed by atoms with van der Waals surface area (Å²) >= 11 is 0. The lowest BCUT2D eigenvalue weighted by atomic mass is 10.1. The van der Waals surface area contributed by atoms with Gasteiger partial charge in [-0.25, -0.2) is 4.98 Å². The highest BCUT2D eigenvalue weighted by molar-refractivity contribution is 5.89. The molecule has 29 heavy (non-hydrogen) atoms. The quantitative estimate of drug-likeness (QED) is 0.608. The minimum Gasteiger partial charge on any atom is -0.496 e. The van der Waals surface area contributed by atoms with E-state index in [1.54, 1.807) is 12.1 Å². The zero-order chi connectivity index (χ0) is 21.0. The third-order valence-electron chi connectivity index (χ3n) is 4.00. The van der Waals surface area contributed by atoms with E-state index < -0.39 is 17.6 Å². The van der Waals surface area contributed by atoms with Crippen LogP contribution in [0, 0.1) is 0 Å². The first kappa shape index (κ1) is 20.2. The van der Waals surface area contributed by atoms with Gasteiger partial charge in [-0.05, 0) is 30.3 Å².